The molecule has 0 aromatic heterocycles. The number of piperidine rings is 1. The molecule has 0 radical (unpaired) electrons. The fourth-order valence-electron chi connectivity index (χ4n) is 2.77. The molecule has 0 aromatic carbocycles. The highest BCUT2D eigenvalue weighted by atomic mass is 15.1. The van der Waals surface area contributed by atoms with Crippen LogP contribution in [-0.4, -0.2) is 18.0 Å². The smallest absolute Gasteiger partial charge is 0.0203 e. The lowest BCUT2D eigenvalue weighted by Crippen LogP contribution is -2.34. The lowest BCUT2D eigenvalue weighted by atomic mass is 9.93. The molecule has 1 saturated heterocycles. The molecule has 80 valence electrons. The van der Waals surface area contributed by atoms with Crippen molar-refractivity contribution in [2.75, 3.05) is 13.1 Å². The van der Waals surface area contributed by atoms with Crippen LogP contribution >= 0.6 is 0 Å². The van der Waals surface area contributed by atoms with E-state index in [4.69, 9.17) is 0 Å². The third-order valence-corrected chi connectivity index (χ3v) is 3.77. The number of nitrogens with zero attached hydrogens (tertiary/aromatic N) is 1. The molecule has 1 aliphatic heterocycles. The Morgan fingerprint density at radius 2 is 2.29 bits per heavy atom. The summed E-state index contributed by atoms with van der Waals surface area (Å²) in [5, 5.41) is 0. The van der Waals surface area contributed by atoms with Crippen molar-refractivity contribution >= 4 is 0 Å². The first-order chi connectivity index (χ1) is 6.90. The molecule has 0 amide bonds. The first-order valence-corrected chi connectivity index (χ1v) is 6.34. The average Bonchev–Trinajstić information content (AvgIpc) is 2.30. The van der Waals surface area contributed by atoms with Gasteiger partial charge in [0.1, 0.15) is 0 Å². The summed E-state index contributed by atoms with van der Waals surface area (Å²) in [5.74, 6) is 0.964. The van der Waals surface area contributed by atoms with Crippen molar-refractivity contribution < 1.29 is 0 Å². The summed E-state index contributed by atoms with van der Waals surface area (Å²) in [4.78, 5) is 2.66. The van der Waals surface area contributed by atoms with E-state index in [2.05, 4.69) is 17.9 Å². The van der Waals surface area contributed by atoms with E-state index >= 15 is 0 Å². The Morgan fingerprint density at radius 3 is 3.00 bits per heavy atom. The maximum Gasteiger partial charge on any atom is 0.0203 e. The van der Waals surface area contributed by atoms with Gasteiger partial charge in [0, 0.05) is 18.8 Å². The lowest BCUT2D eigenvalue weighted by Gasteiger charge is -2.36. The highest BCUT2D eigenvalue weighted by Gasteiger charge is 2.20. The maximum absolute atomic E-state index is 2.66. The Balaban J connectivity index is 1.92. The zero-order chi connectivity index (χ0) is 9.80. The molecule has 1 atom stereocenters. The molecule has 1 heterocycles. The van der Waals surface area contributed by atoms with Crippen LogP contribution in [0, 0.1) is 5.92 Å². The minimum absolute atomic E-state index is 0.964. The second kappa shape index (κ2) is 4.86. The second-order valence-electron chi connectivity index (χ2n) is 4.80. The van der Waals surface area contributed by atoms with Gasteiger partial charge >= 0.3 is 0 Å². The first kappa shape index (κ1) is 10.1. The van der Waals surface area contributed by atoms with Crippen molar-refractivity contribution in [3.8, 4) is 0 Å². The van der Waals surface area contributed by atoms with Crippen LogP contribution in [-0.2, 0) is 0 Å². The highest BCUT2D eigenvalue weighted by molar-refractivity contribution is 5.05. The minimum Gasteiger partial charge on any atom is -0.375 e. The number of hydrogen-bond donors (Lipinski definition) is 0. The molecule has 0 saturated carbocycles. The Kier molecular flexibility index (Phi) is 3.49. The molecule has 0 bridgehead atoms. The van der Waals surface area contributed by atoms with Crippen LogP contribution in [0.15, 0.2) is 11.8 Å². The van der Waals surface area contributed by atoms with E-state index in [1.165, 1.54) is 58.0 Å². The lowest BCUT2D eigenvalue weighted by molar-refractivity contribution is 0.204. The maximum atomic E-state index is 2.66. The predicted molar refractivity (Wildman–Crippen MR) is 61.1 cm³/mol. The average molecular weight is 193 g/mol. The van der Waals surface area contributed by atoms with Crippen LogP contribution < -0.4 is 0 Å². The summed E-state index contributed by atoms with van der Waals surface area (Å²) in [6, 6.07) is 0. The van der Waals surface area contributed by atoms with Gasteiger partial charge in [-0.2, -0.15) is 0 Å². The molecule has 1 heteroatoms. The van der Waals surface area contributed by atoms with E-state index in [1.807, 2.05) is 0 Å². The summed E-state index contributed by atoms with van der Waals surface area (Å²) in [5.41, 5.74) is 1.66. The second-order valence-corrected chi connectivity index (χ2v) is 4.80. The fraction of sp³-hybridized carbons (Fsp3) is 0.846. The third kappa shape index (κ3) is 2.31. The molecule has 1 fully saturated rings. The molecule has 0 spiro atoms. The van der Waals surface area contributed by atoms with Crippen LogP contribution in [0.4, 0.5) is 0 Å². The summed E-state index contributed by atoms with van der Waals surface area (Å²) in [6.07, 6.45) is 12.2. The summed E-state index contributed by atoms with van der Waals surface area (Å²) in [6.45, 7) is 4.99. The minimum atomic E-state index is 0.964. The molecule has 2 aliphatic rings. The molecule has 0 N–H and O–H groups in total. The summed E-state index contributed by atoms with van der Waals surface area (Å²) >= 11 is 0. The molecule has 1 nitrogen and oxygen atoms in total. The monoisotopic (exact) mass is 193 g/mol. The van der Waals surface area contributed by atoms with E-state index < -0.39 is 0 Å². The van der Waals surface area contributed by atoms with E-state index in [9.17, 15) is 0 Å². The standard InChI is InChI=1S/C13H23N/c1-2-12-7-6-10-14(11-12)13-8-4-3-5-9-13/h8,12H,2-7,9-11H2,1H3. The van der Waals surface area contributed by atoms with Crippen molar-refractivity contribution in [2.24, 2.45) is 5.92 Å². The van der Waals surface area contributed by atoms with Gasteiger partial charge in [-0.15, -0.1) is 0 Å². The van der Waals surface area contributed by atoms with E-state index in [0.29, 0.717) is 0 Å². The molecule has 2 rings (SSSR count). The number of hydrogen-bond acceptors (Lipinski definition) is 1. The number of rotatable bonds is 2. The van der Waals surface area contributed by atoms with Crippen molar-refractivity contribution in [3.63, 3.8) is 0 Å². The van der Waals surface area contributed by atoms with Gasteiger partial charge in [0.05, 0.1) is 0 Å². The van der Waals surface area contributed by atoms with Crippen molar-refractivity contribution in [1.82, 2.24) is 4.90 Å². The third-order valence-electron chi connectivity index (χ3n) is 3.77. The van der Waals surface area contributed by atoms with Crippen LogP contribution in [0.3, 0.4) is 0 Å². The largest absolute Gasteiger partial charge is 0.375 e. The highest BCUT2D eigenvalue weighted by Crippen LogP contribution is 2.27. The zero-order valence-corrected chi connectivity index (χ0v) is 9.47. The summed E-state index contributed by atoms with van der Waals surface area (Å²) < 4.78 is 0. The van der Waals surface area contributed by atoms with Gasteiger partial charge in [-0.25, -0.2) is 0 Å². The van der Waals surface area contributed by atoms with Gasteiger partial charge in [0.2, 0.25) is 0 Å². The van der Waals surface area contributed by atoms with Gasteiger partial charge in [-0.05, 0) is 44.4 Å². The van der Waals surface area contributed by atoms with Gasteiger partial charge < -0.3 is 4.90 Å². The van der Waals surface area contributed by atoms with E-state index in [-0.39, 0.29) is 0 Å². The molecular formula is C13H23N. The molecule has 1 unspecified atom stereocenters. The molecular weight excluding hydrogens is 170 g/mol. The Hall–Kier alpha value is -0.460. The quantitative estimate of drug-likeness (QED) is 0.648. The van der Waals surface area contributed by atoms with Crippen LogP contribution in [0.25, 0.3) is 0 Å². The summed E-state index contributed by atoms with van der Waals surface area (Å²) in [7, 11) is 0. The molecule has 0 aromatic rings. The van der Waals surface area contributed by atoms with Crippen LogP contribution in [0.5, 0.6) is 0 Å². The topological polar surface area (TPSA) is 3.24 Å². The van der Waals surface area contributed by atoms with Crippen molar-refractivity contribution in [2.45, 2.75) is 51.9 Å². The normalized spacial score (nSPS) is 28.8. The van der Waals surface area contributed by atoms with Gasteiger partial charge in [-0.1, -0.05) is 19.4 Å². The Bertz CT molecular complexity index is 207. The number of likely N-dealkylation sites (tertiary alicyclic amines) is 1. The van der Waals surface area contributed by atoms with Gasteiger partial charge in [-0.3, -0.25) is 0 Å². The van der Waals surface area contributed by atoms with Crippen molar-refractivity contribution in [3.05, 3.63) is 11.8 Å². The van der Waals surface area contributed by atoms with E-state index in [1.54, 1.807) is 5.70 Å². The van der Waals surface area contributed by atoms with Gasteiger partial charge in [0.25, 0.3) is 0 Å². The number of allylic oxidation sites excluding steroid dienone is 2. The van der Waals surface area contributed by atoms with E-state index in [0.717, 1.165) is 5.92 Å². The Labute approximate surface area is 88.2 Å². The van der Waals surface area contributed by atoms with Crippen molar-refractivity contribution in [1.29, 1.82) is 0 Å². The van der Waals surface area contributed by atoms with Gasteiger partial charge in [0.15, 0.2) is 0 Å². The molecule has 14 heavy (non-hydrogen) atoms. The van der Waals surface area contributed by atoms with Crippen LogP contribution in [0.2, 0.25) is 0 Å². The zero-order valence-electron chi connectivity index (χ0n) is 9.47. The molecule has 1 aliphatic carbocycles. The fourth-order valence-corrected chi connectivity index (χ4v) is 2.77. The Morgan fingerprint density at radius 1 is 1.36 bits per heavy atom. The first-order valence-electron chi connectivity index (χ1n) is 6.34. The predicted octanol–water partition coefficient (Wildman–Crippen LogP) is 3.57. The SMILES string of the molecule is CCC1CCCN(C2=CCCCC2)C1. The van der Waals surface area contributed by atoms with Crippen LogP contribution in [0.1, 0.15) is 51.9 Å².